The fraction of sp³-hybridized carbons (Fsp3) is 0. The van der Waals surface area contributed by atoms with Crippen LogP contribution in [-0.4, -0.2) is 19.1 Å². The molecule has 0 saturated carbocycles. The minimum atomic E-state index is 0.646. The molecule has 0 aliphatic heterocycles. The lowest BCUT2D eigenvalue weighted by molar-refractivity contribution is 1.01. The van der Waals surface area contributed by atoms with Crippen molar-refractivity contribution in [3.8, 4) is 56.3 Å². The lowest BCUT2D eigenvalue weighted by atomic mass is 9.98. The predicted molar refractivity (Wildman–Crippen MR) is 250 cm³/mol. The van der Waals surface area contributed by atoms with E-state index in [1.165, 1.54) is 49.5 Å². The zero-order valence-corrected chi connectivity index (χ0v) is 32.6. The van der Waals surface area contributed by atoms with Gasteiger partial charge >= 0.3 is 0 Å². The van der Waals surface area contributed by atoms with Gasteiger partial charge in [0.1, 0.15) is 0 Å². The molecule has 4 nitrogen and oxygen atoms in total. The molecule has 0 aliphatic rings. The Balaban J connectivity index is 1.11. The highest BCUT2D eigenvalue weighted by molar-refractivity contribution is 6.29. The Hall–Kier alpha value is -8.08. The molecular formula is C56H36N4. The standard InChI is InChI=1S/C56H36N4/c1-4-16-37(17-5-1)40-28-30-41(31-29-40)55-45-22-10-13-25-48(45)57-56(58-55)60-50-27-15-12-24-47(50)54-52(60)33-32-51-53(54)46-23-11-14-26-49(46)59(51)44-35-42(38-18-6-2-7-19-38)34-43(36-44)39-20-8-3-9-21-39/h1-36H. The molecule has 4 heteroatoms. The summed E-state index contributed by atoms with van der Waals surface area (Å²) in [6.07, 6.45) is 0. The lowest BCUT2D eigenvalue weighted by Gasteiger charge is -2.14. The molecule has 0 saturated heterocycles. The van der Waals surface area contributed by atoms with Crippen LogP contribution in [0, 0.1) is 0 Å². The summed E-state index contributed by atoms with van der Waals surface area (Å²) < 4.78 is 4.70. The normalized spacial score (nSPS) is 11.7. The van der Waals surface area contributed by atoms with Crippen LogP contribution >= 0.6 is 0 Å². The third kappa shape index (κ3) is 5.46. The van der Waals surface area contributed by atoms with Crippen molar-refractivity contribution in [2.45, 2.75) is 0 Å². The second kappa shape index (κ2) is 13.8. The molecule has 60 heavy (non-hydrogen) atoms. The number of para-hydroxylation sites is 3. The van der Waals surface area contributed by atoms with Crippen LogP contribution in [0.25, 0.3) is 111 Å². The molecule has 0 radical (unpaired) electrons. The van der Waals surface area contributed by atoms with E-state index in [4.69, 9.17) is 9.97 Å². The van der Waals surface area contributed by atoms with Crippen LogP contribution in [0.3, 0.4) is 0 Å². The molecule has 0 bridgehead atoms. The van der Waals surface area contributed by atoms with Crippen LogP contribution in [0.5, 0.6) is 0 Å². The van der Waals surface area contributed by atoms with Crippen LogP contribution in [0.15, 0.2) is 218 Å². The number of nitrogens with zero attached hydrogens (tertiary/aromatic N) is 4. The first-order valence-electron chi connectivity index (χ1n) is 20.4. The van der Waals surface area contributed by atoms with E-state index in [1.54, 1.807) is 0 Å². The van der Waals surface area contributed by atoms with E-state index in [0.717, 1.165) is 55.3 Å². The van der Waals surface area contributed by atoms with Gasteiger partial charge in [0.25, 0.3) is 0 Å². The molecule has 0 unspecified atom stereocenters. The Morgan fingerprint density at radius 3 is 1.30 bits per heavy atom. The molecule has 3 aromatic heterocycles. The maximum Gasteiger partial charge on any atom is 0.235 e. The monoisotopic (exact) mass is 764 g/mol. The molecule has 0 aliphatic carbocycles. The average molecular weight is 765 g/mol. The highest BCUT2D eigenvalue weighted by Crippen LogP contribution is 2.43. The van der Waals surface area contributed by atoms with Crippen LogP contribution in [0.4, 0.5) is 0 Å². The number of benzene rings is 9. The largest absolute Gasteiger partial charge is 0.309 e. The van der Waals surface area contributed by atoms with Crippen molar-refractivity contribution in [2.75, 3.05) is 0 Å². The summed E-state index contributed by atoms with van der Waals surface area (Å²) >= 11 is 0. The summed E-state index contributed by atoms with van der Waals surface area (Å²) in [5.41, 5.74) is 15.5. The second-order valence-corrected chi connectivity index (χ2v) is 15.4. The van der Waals surface area contributed by atoms with Crippen molar-refractivity contribution in [1.29, 1.82) is 0 Å². The van der Waals surface area contributed by atoms with E-state index in [0.29, 0.717) is 5.95 Å². The zero-order valence-electron chi connectivity index (χ0n) is 32.6. The summed E-state index contributed by atoms with van der Waals surface area (Å²) in [6.45, 7) is 0. The Bertz CT molecular complexity index is 3510. The Morgan fingerprint density at radius 1 is 0.283 bits per heavy atom. The van der Waals surface area contributed by atoms with Gasteiger partial charge in [0.2, 0.25) is 5.95 Å². The van der Waals surface area contributed by atoms with Crippen molar-refractivity contribution in [2.24, 2.45) is 0 Å². The third-order valence-electron chi connectivity index (χ3n) is 11.9. The van der Waals surface area contributed by atoms with Gasteiger partial charge in [-0.3, -0.25) is 4.57 Å². The van der Waals surface area contributed by atoms with E-state index in [-0.39, 0.29) is 0 Å². The van der Waals surface area contributed by atoms with Crippen LogP contribution in [0.2, 0.25) is 0 Å². The number of hydrogen-bond acceptors (Lipinski definition) is 2. The number of hydrogen-bond donors (Lipinski definition) is 0. The van der Waals surface area contributed by atoms with Gasteiger partial charge in [-0.25, -0.2) is 9.97 Å². The third-order valence-corrected chi connectivity index (χ3v) is 11.9. The number of fused-ring (bicyclic) bond motifs is 8. The second-order valence-electron chi connectivity index (χ2n) is 15.4. The quantitative estimate of drug-likeness (QED) is 0.169. The fourth-order valence-corrected chi connectivity index (χ4v) is 9.18. The summed E-state index contributed by atoms with van der Waals surface area (Å²) in [5, 5.41) is 5.78. The van der Waals surface area contributed by atoms with Crippen molar-refractivity contribution in [1.82, 2.24) is 19.1 Å². The van der Waals surface area contributed by atoms with Crippen molar-refractivity contribution < 1.29 is 0 Å². The first-order chi connectivity index (χ1) is 29.8. The first-order valence-corrected chi connectivity index (χ1v) is 20.4. The lowest BCUT2D eigenvalue weighted by Crippen LogP contribution is -2.03. The maximum absolute atomic E-state index is 5.44. The van der Waals surface area contributed by atoms with Crippen LogP contribution in [-0.2, 0) is 0 Å². The van der Waals surface area contributed by atoms with Crippen molar-refractivity contribution in [3.05, 3.63) is 218 Å². The molecule has 12 aromatic rings. The average Bonchev–Trinajstić information content (AvgIpc) is 3.85. The zero-order chi connectivity index (χ0) is 39.6. The summed E-state index contributed by atoms with van der Waals surface area (Å²) in [5.74, 6) is 0.646. The van der Waals surface area contributed by atoms with Crippen LogP contribution < -0.4 is 0 Å². The van der Waals surface area contributed by atoms with E-state index in [2.05, 4.69) is 228 Å². The SMILES string of the molecule is c1ccc(-c2ccc(-c3nc(-n4c5ccccc5c5c6c7ccccc7n(-c7cc(-c8ccccc8)cc(-c8ccccc8)c7)c6ccc54)nc4ccccc34)cc2)cc1. The first kappa shape index (κ1) is 34.0. The van der Waals surface area contributed by atoms with Crippen molar-refractivity contribution >= 4 is 54.5 Å². The summed E-state index contributed by atoms with van der Waals surface area (Å²) in [6, 6.07) is 78.0. The molecule has 0 atom stereocenters. The minimum Gasteiger partial charge on any atom is -0.309 e. The molecule has 0 fully saturated rings. The number of rotatable bonds is 6. The minimum absolute atomic E-state index is 0.646. The summed E-state index contributed by atoms with van der Waals surface area (Å²) in [4.78, 5) is 10.7. The molecule has 12 rings (SSSR count). The van der Waals surface area contributed by atoms with Gasteiger partial charge in [-0.05, 0) is 81.9 Å². The van der Waals surface area contributed by atoms with Gasteiger partial charge in [-0.15, -0.1) is 0 Å². The van der Waals surface area contributed by atoms with Gasteiger partial charge in [0, 0.05) is 38.2 Å². The highest BCUT2D eigenvalue weighted by Gasteiger charge is 2.23. The van der Waals surface area contributed by atoms with Gasteiger partial charge < -0.3 is 4.57 Å². The van der Waals surface area contributed by atoms with Gasteiger partial charge in [-0.2, -0.15) is 0 Å². The predicted octanol–water partition coefficient (Wildman–Crippen LogP) is 14.5. The van der Waals surface area contributed by atoms with E-state index >= 15 is 0 Å². The molecule has 0 amide bonds. The summed E-state index contributed by atoms with van der Waals surface area (Å²) in [7, 11) is 0. The van der Waals surface area contributed by atoms with Gasteiger partial charge in [-0.1, -0.05) is 170 Å². The molecule has 0 N–H and O–H groups in total. The smallest absolute Gasteiger partial charge is 0.235 e. The van der Waals surface area contributed by atoms with E-state index in [9.17, 15) is 0 Å². The van der Waals surface area contributed by atoms with E-state index < -0.39 is 0 Å². The molecule has 280 valence electrons. The highest BCUT2D eigenvalue weighted by atomic mass is 15.2. The van der Waals surface area contributed by atoms with Crippen LogP contribution in [0.1, 0.15) is 0 Å². The van der Waals surface area contributed by atoms with Gasteiger partial charge in [0.05, 0.1) is 33.3 Å². The maximum atomic E-state index is 5.44. The fourth-order valence-electron chi connectivity index (χ4n) is 9.18. The van der Waals surface area contributed by atoms with E-state index in [1.807, 2.05) is 0 Å². The molecule has 9 aromatic carbocycles. The number of aromatic nitrogens is 4. The Morgan fingerprint density at radius 2 is 0.717 bits per heavy atom. The molecule has 3 heterocycles. The molecular weight excluding hydrogens is 729 g/mol. The van der Waals surface area contributed by atoms with Crippen molar-refractivity contribution in [3.63, 3.8) is 0 Å². The topological polar surface area (TPSA) is 35.6 Å². The molecule has 0 spiro atoms. The Kier molecular flexibility index (Phi) is 7.82. The van der Waals surface area contributed by atoms with Gasteiger partial charge in [0.15, 0.2) is 0 Å². The Labute approximate surface area is 346 Å².